The summed E-state index contributed by atoms with van der Waals surface area (Å²) in [5.41, 5.74) is 0. The molecule has 0 amide bonds. The number of carboxylic acid groups (broad SMARTS) is 1. The quantitative estimate of drug-likeness (QED) is 0.429. The summed E-state index contributed by atoms with van der Waals surface area (Å²) >= 11 is 3.73. The van der Waals surface area contributed by atoms with E-state index in [1.54, 1.807) is 5.97 Å². The van der Waals surface area contributed by atoms with Gasteiger partial charge in [-0.3, -0.25) is 4.79 Å². The van der Waals surface area contributed by atoms with Crippen LogP contribution in [0.1, 0.15) is 0 Å². The van der Waals surface area contributed by atoms with Crippen molar-refractivity contribution in [2.75, 3.05) is 5.75 Å². The second-order valence-electron chi connectivity index (χ2n) is 1.42. The minimum atomic E-state index is -1.01. The first-order valence-corrected chi connectivity index (χ1v) is 2.92. The molecular formula is C4H5BNO2S. The van der Waals surface area contributed by atoms with Crippen molar-refractivity contribution < 1.29 is 9.90 Å². The van der Waals surface area contributed by atoms with Crippen LogP contribution in [0.15, 0.2) is 0 Å². The molecule has 0 fully saturated rings. The zero-order valence-corrected chi connectivity index (χ0v) is 5.51. The number of aliphatic carboxylic acids is 1. The van der Waals surface area contributed by atoms with E-state index in [0.717, 1.165) is 7.28 Å². The van der Waals surface area contributed by atoms with Gasteiger partial charge in [0, 0.05) is 0 Å². The SMILES string of the molecule is N#C[B][C@H](CS)C(=O)O. The Bertz CT molecular complexity index is 144. The average Bonchev–Trinajstić information content (AvgIpc) is 1.82. The zero-order valence-electron chi connectivity index (χ0n) is 4.61. The maximum absolute atomic E-state index is 10.1. The van der Waals surface area contributed by atoms with Gasteiger partial charge in [0.15, 0.2) is 0 Å². The molecule has 3 nitrogen and oxygen atoms in total. The van der Waals surface area contributed by atoms with Crippen LogP contribution in [0.4, 0.5) is 0 Å². The van der Waals surface area contributed by atoms with Gasteiger partial charge in [-0.1, -0.05) is 0 Å². The fourth-order valence-electron chi connectivity index (χ4n) is 0.292. The van der Waals surface area contributed by atoms with E-state index in [0.29, 0.717) is 0 Å². The van der Waals surface area contributed by atoms with Crippen LogP contribution in [-0.2, 0) is 4.79 Å². The molecule has 0 rings (SSSR count). The highest BCUT2D eigenvalue weighted by atomic mass is 32.1. The molecule has 0 aromatic heterocycles. The van der Waals surface area contributed by atoms with E-state index in [1.165, 1.54) is 0 Å². The second kappa shape index (κ2) is 4.27. The van der Waals surface area contributed by atoms with Crippen LogP contribution >= 0.6 is 12.6 Å². The Hall–Kier alpha value is -0.625. The minimum Gasteiger partial charge on any atom is -0.482 e. The van der Waals surface area contributed by atoms with E-state index in [2.05, 4.69) is 12.6 Å². The van der Waals surface area contributed by atoms with Crippen molar-refractivity contribution in [3.05, 3.63) is 0 Å². The number of carbonyl (C=O) groups is 1. The number of thiol groups is 1. The maximum Gasteiger partial charge on any atom is 0.300 e. The molecule has 0 aliphatic heterocycles. The molecule has 0 spiro atoms. The third kappa shape index (κ3) is 3.04. The number of hydrogen-bond acceptors (Lipinski definition) is 3. The van der Waals surface area contributed by atoms with Crippen LogP contribution < -0.4 is 0 Å². The number of nitriles is 1. The Morgan fingerprint density at radius 3 is 2.67 bits per heavy atom. The Kier molecular flexibility index (Phi) is 3.98. The third-order valence-electron chi connectivity index (χ3n) is 0.790. The van der Waals surface area contributed by atoms with Gasteiger partial charge in [0.2, 0.25) is 0 Å². The summed E-state index contributed by atoms with van der Waals surface area (Å²) < 4.78 is 0. The van der Waals surface area contributed by atoms with Crippen LogP contribution in [0.3, 0.4) is 0 Å². The molecule has 1 atom stereocenters. The van der Waals surface area contributed by atoms with Gasteiger partial charge in [-0.25, -0.2) is 5.26 Å². The summed E-state index contributed by atoms with van der Waals surface area (Å²) in [6, 6.07) is 0. The molecule has 0 aromatic carbocycles. The standard InChI is InChI=1S/C4H5BNO2S/c6-2-5-3(1-9)4(7)8/h3,9H,1H2,(H,7,8)/t3-/m1/s1. The highest BCUT2D eigenvalue weighted by molar-refractivity contribution is 7.80. The molecule has 47 valence electrons. The Labute approximate surface area is 59.3 Å². The van der Waals surface area contributed by atoms with Crippen molar-refractivity contribution in [1.29, 1.82) is 5.26 Å². The van der Waals surface area contributed by atoms with Crippen molar-refractivity contribution in [3.8, 4) is 5.97 Å². The van der Waals surface area contributed by atoms with Gasteiger partial charge in [0.05, 0.1) is 5.82 Å². The molecule has 0 aliphatic carbocycles. The fraction of sp³-hybridized carbons (Fsp3) is 0.500. The lowest BCUT2D eigenvalue weighted by molar-refractivity contribution is -0.136. The van der Waals surface area contributed by atoms with Gasteiger partial charge in [0.1, 0.15) is 0 Å². The third-order valence-corrected chi connectivity index (χ3v) is 1.18. The summed E-state index contributed by atoms with van der Waals surface area (Å²) in [7, 11) is 1.05. The zero-order chi connectivity index (χ0) is 7.28. The number of hydrogen-bond donors (Lipinski definition) is 2. The summed E-state index contributed by atoms with van der Waals surface area (Å²) in [5, 5.41) is 16.3. The van der Waals surface area contributed by atoms with E-state index < -0.39 is 11.8 Å². The highest BCUT2D eigenvalue weighted by Gasteiger charge is 2.15. The normalized spacial score (nSPS) is 11.6. The van der Waals surface area contributed by atoms with Gasteiger partial charge in [-0.2, -0.15) is 12.6 Å². The van der Waals surface area contributed by atoms with E-state index in [4.69, 9.17) is 10.4 Å². The molecule has 0 bridgehead atoms. The number of nitrogens with zero attached hydrogens (tertiary/aromatic N) is 1. The lowest BCUT2D eigenvalue weighted by Gasteiger charge is -1.98. The molecule has 1 radical (unpaired) electrons. The highest BCUT2D eigenvalue weighted by Crippen LogP contribution is 2.03. The second-order valence-corrected chi connectivity index (χ2v) is 1.79. The van der Waals surface area contributed by atoms with Crippen molar-refractivity contribution in [1.82, 2.24) is 0 Å². The summed E-state index contributed by atoms with van der Waals surface area (Å²) in [5.74, 6) is 0.0694. The van der Waals surface area contributed by atoms with E-state index in [1.807, 2.05) is 0 Å². The summed E-state index contributed by atoms with van der Waals surface area (Å²) in [4.78, 5) is 10.1. The summed E-state index contributed by atoms with van der Waals surface area (Å²) in [6.07, 6.45) is 0. The van der Waals surface area contributed by atoms with Gasteiger partial charge < -0.3 is 5.11 Å². The molecular weight excluding hydrogens is 137 g/mol. The predicted octanol–water partition coefficient (Wildman–Crippen LogP) is -0.0254. The first kappa shape index (κ1) is 8.37. The fourth-order valence-corrected chi connectivity index (χ4v) is 0.554. The van der Waals surface area contributed by atoms with Crippen LogP contribution in [0.2, 0.25) is 5.82 Å². The van der Waals surface area contributed by atoms with Crippen LogP contribution in [0.25, 0.3) is 0 Å². The topological polar surface area (TPSA) is 61.1 Å². The van der Waals surface area contributed by atoms with E-state index in [-0.39, 0.29) is 5.75 Å². The average molecular weight is 142 g/mol. The minimum absolute atomic E-state index is 0.170. The molecule has 0 unspecified atom stereocenters. The molecule has 5 heteroatoms. The molecule has 0 aromatic rings. The smallest absolute Gasteiger partial charge is 0.300 e. The van der Waals surface area contributed by atoms with Gasteiger partial charge in [-0.05, 0) is 11.7 Å². The summed E-state index contributed by atoms with van der Waals surface area (Å²) in [6.45, 7) is 0. The predicted molar refractivity (Wildman–Crippen MR) is 36.6 cm³/mol. The van der Waals surface area contributed by atoms with Crippen molar-refractivity contribution in [2.24, 2.45) is 0 Å². The van der Waals surface area contributed by atoms with Crippen LogP contribution in [0, 0.1) is 11.2 Å². The van der Waals surface area contributed by atoms with Crippen LogP contribution in [-0.4, -0.2) is 24.1 Å². The molecule has 0 aliphatic rings. The monoisotopic (exact) mass is 142 g/mol. The Balaban J connectivity index is 3.71. The van der Waals surface area contributed by atoms with Gasteiger partial charge in [0.25, 0.3) is 7.28 Å². The van der Waals surface area contributed by atoms with Crippen molar-refractivity contribution in [2.45, 2.75) is 5.82 Å². The van der Waals surface area contributed by atoms with Gasteiger partial charge >= 0.3 is 5.97 Å². The largest absolute Gasteiger partial charge is 0.482 e. The first-order valence-electron chi connectivity index (χ1n) is 2.29. The van der Waals surface area contributed by atoms with Crippen molar-refractivity contribution >= 4 is 25.9 Å². The van der Waals surface area contributed by atoms with Gasteiger partial charge in [-0.15, -0.1) is 0 Å². The van der Waals surface area contributed by atoms with E-state index in [9.17, 15) is 4.79 Å². The Morgan fingerprint density at radius 1 is 2.00 bits per heavy atom. The molecule has 1 N–H and O–H groups in total. The Morgan fingerprint density at radius 2 is 2.56 bits per heavy atom. The lowest BCUT2D eigenvalue weighted by atomic mass is 9.67. The molecule has 0 saturated heterocycles. The van der Waals surface area contributed by atoms with E-state index >= 15 is 0 Å². The molecule has 0 saturated carbocycles. The number of carboxylic acids is 1. The maximum atomic E-state index is 10.1. The van der Waals surface area contributed by atoms with Crippen molar-refractivity contribution in [3.63, 3.8) is 0 Å². The first-order chi connectivity index (χ1) is 4.22. The molecule has 0 heterocycles. The van der Waals surface area contributed by atoms with Crippen LogP contribution in [0.5, 0.6) is 0 Å². The number of rotatable bonds is 3. The molecule has 9 heavy (non-hydrogen) atoms. The lowest BCUT2D eigenvalue weighted by Crippen LogP contribution is -2.14.